The van der Waals surface area contributed by atoms with Crippen molar-refractivity contribution in [1.82, 2.24) is 0 Å². The van der Waals surface area contributed by atoms with E-state index in [0.29, 0.717) is 18.8 Å². The fourth-order valence-electron chi connectivity index (χ4n) is 2.64. The third kappa shape index (κ3) is 5.99. The number of aromatic hydroxyl groups is 2. The number of carbonyl (C=O) groups excluding carboxylic acids is 1. The van der Waals surface area contributed by atoms with E-state index in [4.69, 9.17) is 9.47 Å². The second-order valence-electron chi connectivity index (χ2n) is 6.04. The summed E-state index contributed by atoms with van der Waals surface area (Å²) in [5.41, 5.74) is 1.30. The monoisotopic (exact) mass is 358 g/mol. The van der Waals surface area contributed by atoms with E-state index in [-0.39, 0.29) is 17.5 Å². The van der Waals surface area contributed by atoms with Crippen LogP contribution in [0.2, 0.25) is 0 Å². The van der Waals surface area contributed by atoms with Gasteiger partial charge in [0.25, 0.3) is 0 Å². The number of carbonyl (C=O) groups is 1. The van der Waals surface area contributed by atoms with Crippen molar-refractivity contribution in [2.45, 2.75) is 39.0 Å². The summed E-state index contributed by atoms with van der Waals surface area (Å²) in [5, 5.41) is 19.2. The van der Waals surface area contributed by atoms with Gasteiger partial charge in [0.2, 0.25) is 0 Å². The van der Waals surface area contributed by atoms with Gasteiger partial charge in [0.1, 0.15) is 5.75 Å². The van der Waals surface area contributed by atoms with Gasteiger partial charge in [0.05, 0.1) is 18.8 Å². The molecular formula is C21H26O5. The van der Waals surface area contributed by atoms with Crippen LogP contribution in [0, 0.1) is 0 Å². The molecule has 0 saturated carbocycles. The maximum atomic E-state index is 11.6. The number of rotatable bonds is 10. The zero-order valence-electron chi connectivity index (χ0n) is 15.1. The Morgan fingerprint density at radius 2 is 1.69 bits per heavy atom. The third-order valence-electron chi connectivity index (χ3n) is 4.07. The summed E-state index contributed by atoms with van der Waals surface area (Å²) < 4.78 is 10.6. The smallest absolute Gasteiger partial charge is 0.338 e. The van der Waals surface area contributed by atoms with Crippen molar-refractivity contribution < 1.29 is 24.5 Å². The van der Waals surface area contributed by atoms with Crippen molar-refractivity contribution >= 4 is 5.97 Å². The second-order valence-corrected chi connectivity index (χ2v) is 6.04. The van der Waals surface area contributed by atoms with Crippen molar-refractivity contribution in [3.05, 3.63) is 53.6 Å². The van der Waals surface area contributed by atoms with Gasteiger partial charge in [-0.05, 0) is 62.1 Å². The normalized spacial score (nSPS) is 10.5. The molecule has 0 spiro atoms. The molecule has 0 radical (unpaired) electrons. The number of hydrogen-bond donors (Lipinski definition) is 2. The van der Waals surface area contributed by atoms with Crippen molar-refractivity contribution in [3.63, 3.8) is 0 Å². The first-order chi connectivity index (χ1) is 12.6. The SMILES string of the molecule is CCOC(=O)c1ccc(OCCCCCCc2cccc(O)c2O)cc1. The van der Waals surface area contributed by atoms with E-state index in [1.54, 1.807) is 37.3 Å². The molecule has 0 aromatic heterocycles. The van der Waals surface area contributed by atoms with Crippen LogP contribution in [0.5, 0.6) is 17.2 Å². The molecule has 0 bridgehead atoms. The van der Waals surface area contributed by atoms with Crippen LogP contribution in [-0.4, -0.2) is 29.4 Å². The summed E-state index contributed by atoms with van der Waals surface area (Å²) in [5.74, 6) is 0.339. The maximum Gasteiger partial charge on any atom is 0.338 e. The predicted molar refractivity (Wildman–Crippen MR) is 99.8 cm³/mol. The lowest BCUT2D eigenvalue weighted by molar-refractivity contribution is 0.0526. The summed E-state index contributed by atoms with van der Waals surface area (Å²) in [6, 6.07) is 12.0. The van der Waals surface area contributed by atoms with Gasteiger partial charge < -0.3 is 19.7 Å². The van der Waals surface area contributed by atoms with Crippen LogP contribution in [0.25, 0.3) is 0 Å². The number of unbranched alkanes of at least 4 members (excludes halogenated alkanes) is 3. The molecule has 2 N–H and O–H groups in total. The minimum atomic E-state index is -0.322. The number of ether oxygens (including phenoxy) is 2. The molecule has 0 amide bonds. The minimum absolute atomic E-state index is 0.0119. The van der Waals surface area contributed by atoms with Crippen LogP contribution in [0.4, 0.5) is 0 Å². The molecule has 0 aliphatic carbocycles. The van der Waals surface area contributed by atoms with Gasteiger partial charge in [0.15, 0.2) is 11.5 Å². The Morgan fingerprint density at radius 3 is 2.42 bits per heavy atom. The number of aryl methyl sites for hydroxylation is 1. The summed E-state index contributed by atoms with van der Waals surface area (Å²) in [6.45, 7) is 2.76. The highest BCUT2D eigenvalue weighted by atomic mass is 16.5. The Hall–Kier alpha value is -2.69. The van der Waals surface area contributed by atoms with Crippen molar-refractivity contribution in [2.24, 2.45) is 0 Å². The lowest BCUT2D eigenvalue weighted by atomic mass is 10.0. The maximum absolute atomic E-state index is 11.6. The first-order valence-electron chi connectivity index (χ1n) is 9.01. The Morgan fingerprint density at radius 1 is 0.962 bits per heavy atom. The van der Waals surface area contributed by atoms with Gasteiger partial charge in [-0.1, -0.05) is 25.0 Å². The molecule has 5 heteroatoms. The van der Waals surface area contributed by atoms with E-state index in [1.165, 1.54) is 6.07 Å². The van der Waals surface area contributed by atoms with E-state index < -0.39 is 0 Å². The molecule has 2 aromatic carbocycles. The third-order valence-corrected chi connectivity index (χ3v) is 4.07. The van der Waals surface area contributed by atoms with Crippen molar-refractivity contribution in [1.29, 1.82) is 0 Å². The Balaban J connectivity index is 1.60. The lowest BCUT2D eigenvalue weighted by Gasteiger charge is -2.08. The summed E-state index contributed by atoms with van der Waals surface area (Å²) in [4.78, 5) is 11.6. The fourth-order valence-corrected chi connectivity index (χ4v) is 2.64. The lowest BCUT2D eigenvalue weighted by Crippen LogP contribution is -2.04. The molecule has 140 valence electrons. The van der Waals surface area contributed by atoms with Gasteiger partial charge in [-0.3, -0.25) is 0 Å². The predicted octanol–water partition coefficient (Wildman–Crippen LogP) is 4.46. The number of esters is 1. The van der Waals surface area contributed by atoms with Crippen LogP contribution in [0.3, 0.4) is 0 Å². The zero-order valence-corrected chi connectivity index (χ0v) is 15.1. The molecule has 2 rings (SSSR count). The highest BCUT2D eigenvalue weighted by molar-refractivity contribution is 5.89. The molecular weight excluding hydrogens is 332 g/mol. The molecule has 0 aliphatic heterocycles. The van der Waals surface area contributed by atoms with Crippen LogP contribution < -0.4 is 4.74 Å². The van der Waals surface area contributed by atoms with Crippen molar-refractivity contribution in [2.75, 3.05) is 13.2 Å². The summed E-state index contributed by atoms with van der Waals surface area (Å²) in [6.07, 6.45) is 4.69. The Bertz CT molecular complexity index is 694. The van der Waals surface area contributed by atoms with Crippen LogP contribution in [0.15, 0.2) is 42.5 Å². The molecule has 0 fully saturated rings. The molecule has 5 nitrogen and oxygen atoms in total. The highest BCUT2D eigenvalue weighted by Crippen LogP contribution is 2.29. The highest BCUT2D eigenvalue weighted by Gasteiger charge is 2.06. The van der Waals surface area contributed by atoms with Crippen LogP contribution in [-0.2, 0) is 11.2 Å². The van der Waals surface area contributed by atoms with Crippen molar-refractivity contribution in [3.8, 4) is 17.2 Å². The molecule has 26 heavy (non-hydrogen) atoms. The molecule has 0 atom stereocenters. The number of phenolic OH excluding ortho intramolecular Hbond substituents is 2. The number of phenols is 2. The summed E-state index contributed by atoms with van der Waals surface area (Å²) >= 11 is 0. The van der Waals surface area contributed by atoms with E-state index in [9.17, 15) is 15.0 Å². The van der Waals surface area contributed by atoms with E-state index in [0.717, 1.165) is 43.4 Å². The molecule has 0 heterocycles. The van der Waals surface area contributed by atoms with Gasteiger partial charge in [-0.2, -0.15) is 0 Å². The average Bonchev–Trinajstić information content (AvgIpc) is 2.65. The Kier molecular flexibility index (Phi) is 7.80. The topological polar surface area (TPSA) is 76.0 Å². The number of benzene rings is 2. The second kappa shape index (κ2) is 10.3. The fraction of sp³-hybridized carbons (Fsp3) is 0.381. The number of hydrogen-bond acceptors (Lipinski definition) is 5. The first-order valence-corrected chi connectivity index (χ1v) is 9.01. The summed E-state index contributed by atoms with van der Waals surface area (Å²) in [7, 11) is 0. The van der Waals surface area contributed by atoms with E-state index >= 15 is 0 Å². The largest absolute Gasteiger partial charge is 0.504 e. The van der Waals surface area contributed by atoms with Gasteiger partial charge in [-0.15, -0.1) is 0 Å². The van der Waals surface area contributed by atoms with E-state index in [2.05, 4.69) is 0 Å². The molecule has 0 aliphatic rings. The zero-order chi connectivity index (χ0) is 18.8. The Labute approximate surface area is 154 Å². The van der Waals surface area contributed by atoms with Gasteiger partial charge in [-0.25, -0.2) is 4.79 Å². The quantitative estimate of drug-likeness (QED) is 0.373. The van der Waals surface area contributed by atoms with Crippen LogP contribution in [0.1, 0.15) is 48.5 Å². The number of para-hydroxylation sites is 1. The first kappa shape index (κ1) is 19.6. The molecule has 0 saturated heterocycles. The molecule has 0 unspecified atom stereocenters. The average molecular weight is 358 g/mol. The standard InChI is InChI=1S/C21H26O5/c1-2-25-21(24)17-11-13-18(14-12-17)26-15-6-4-3-5-8-16-9-7-10-19(22)20(16)23/h7,9-14,22-23H,2-6,8,15H2,1H3. The van der Waals surface area contributed by atoms with Gasteiger partial charge in [0, 0.05) is 0 Å². The molecule has 2 aromatic rings. The van der Waals surface area contributed by atoms with Crippen LogP contribution >= 0.6 is 0 Å². The van der Waals surface area contributed by atoms with Gasteiger partial charge >= 0.3 is 5.97 Å². The minimum Gasteiger partial charge on any atom is -0.504 e. The van der Waals surface area contributed by atoms with E-state index in [1.807, 2.05) is 6.07 Å².